The van der Waals surface area contributed by atoms with E-state index in [-0.39, 0.29) is 0 Å². The maximum atomic E-state index is 8.81. The average molecular weight is 235 g/mol. The summed E-state index contributed by atoms with van der Waals surface area (Å²) in [7, 11) is 0. The second kappa shape index (κ2) is 11.3. The van der Waals surface area contributed by atoms with Crippen molar-refractivity contribution in [2.75, 3.05) is 0 Å². The Labute approximate surface area is 86.3 Å². The van der Waals surface area contributed by atoms with Gasteiger partial charge in [-0.2, -0.15) is 4.90 Å². The molecule has 0 amide bonds. The molecule has 0 aromatic rings. The van der Waals surface area contributed by atoms with E-state index in [4.69, 9.17) is 26.0 Å². The fourth-order valence-electron chi connectivity index (χ4n) is 0.234. The molecule has 0 aliphatic carbocycles. The third-order valence-corrected chi connectivity index (χ3v) is 0.485. The van der Waals surface area contributed by atoms with E-state index < -0.39 is 18.6 Å². The first-order chi connectivity index (χ1) is 6.58. The second-order valence-corrected chi connectivity index (χ2v) is 2.17. The summed E-state index contributed by atoms with van der Waals surface area (Å²) in [5.74, 6) is 0. The summed E-state index contributed by atoms with van der Waals surface area (Å²) in [5.41, 5.74) is 0. The molecule has 0 saturated carbocycles. The van der Waals surface area contributed by atoms with Gasteiger partial charge in [-0.25, -0.2) is 0 Å². The molecule has 8 heteroatoms. The zero-order chi connectivity index (χ0) is 11.4. The van der Waals surface area contributed by atoms with Gasteiger partial charge in [0.25, 0.3) is 0 Å². The Morgan fingerprint density at radius 2 is 1.07 bits per heavy atom. The van der Waals surface area contributed by atoms with Crippen LogP contribution < -0.4 is 0 Å². The normalized spacial score (nSPS) is 5.29. The van der Waals surface area contributed by atoms with E-state index in [9.17, 15) is 0 Å². The van der Waals surface area contributed by atoms with Crippen LogP contribution >= 0.6 is 0 Å². The van der Waals surface area contributed by atoms with Crippen LogP contribution in [0.25, 0.3) is 0 Å². The van der Waals surface area contributed by atoms with E-state index >= 15 is 0 Å². The molecule has 74 valence electrons. The van der Waals surface area contributed by atoms with Crippen LogP contribution in [0.1, 0.15) is 0 Å². The van der Waals surface area contributed by atoms with Gasteiger partial charge in [0, 0.05) is 0 Å². The molecule has 0 aliphatic rings. The van der Waals surface area contributed by atoms with Crippen molar-refractivity contribution >= 4 is 0 Å². The van der Waals surface area contributed by atoms with Crippen LogP contribution in [0.3, 0.4) is 0 Å². The molecular weight excluding hydrogens is 230 g/mol. The van der Waals surface area contributed by atoms with Crippen LogP contribution in [-0.4, -0.2) is 27.6 Å². The van der Waals surface area contributed by atoms with E-state index in [0.29, 0.717) is 4.90 Å². The van der Waals surface area contributed by atoms with E-state index in [1.54, 1.807) is 0 Å². The Morgan fingerprint density at radius 1 is 0.857 bits per heavy atom. The molecule has 0 atom stereocenters. The quantitative estimate of drug-likeness (QED) is 0.185. The summed E-state index contributed by atoms with van der Waals surface area (Å²) in [6, 6.07) is 5.87. The summed E-state index contributed by atoms with van der Waals surface area (Å²) in [6.07, 6.45) is 4.46. The predicted molar refractivity (Wildman–Crippen MR) is 36.1 cm³/mol. The van der Waals surface area contributed by atoms with Gasteiger partial charge in [-0.15, -0.1) is 0 Å². The first kappa shape index (κ1) is 14.8. The van der Waals surface area contributed by atoms with Gasteiger partial charge in [-0.1, -0.05) is 0 Å². The van der Waals surface area contributed by atoms with Gasteiger partial charge in [0.15, 0.2) is 0 Å². The minimum absolute atomic E-state index is 0.708. The van der Waals surface area contributed by atoms with Gasteiger partial charge >= 0.3 is 29.3 Å². The molecule has 0 bridgehead atoms. The maximum absolute atomic E-state index is 8.81. The Balaban J connectivity index is 0. The van der Waals surface area contributed by atoms with Crippen molar-refractivity contribution in [1.29, 1.82) is 0 Å². The molecule has 7 nitrogen and oxygen atoms in total. The molecule has 5 N–H and O–H groups in total. The molecule has 0 unspecified atom stereocenters. The number of hydrogen-bond donors (Lipinski definition) is 5. The second-order valence-electron chi connectivity index (χ2n) is 1.29. The Kier molecular flexibility index (Phi) is 12.0. The van der Waals surface area contributed by atoms with E-state index in [1.807, 2.05) is 18.1 Å². The van der Waals surface area contributed by atoms with Crippen LogP contribution in [0.4, 0.5) is 0 Å². The van der Waals surface area contributed by atoms with Gasteiger partial charge in [0.05, 0.1) is 18.1 Å². The molecule has 0 radical (unpaired) electrons. The summed E-state index contributed by atoms with van der Waals surface area (Å²) >= 11 is -3.58. The van der Waals surface area contributed by atoms with Crippen molar-refractivity contribution < 1.29 is 44.6 Å². The molecule has 0 spiro atoms. The van der Waals surface area contributed by atoms with Crippen molar-refractivity contribution in [3.63, 3.8) is 0 Å². The molecule has 0 aliphatic heterocycles. The van der Waals surface area contributed by atoms with Crippen LogP contribution in [-0.2, 0) is 21.9 Å². The molecule has 0 rings (SSSR count). The first-order valence-corrected chi connectivity index (χ1v) is 4.78. The molecular formula is C6H5NO6Ti. The zero-order valence-corrected chi connectivity index (χ0v) is 8.15. The predicted octanol–water partition coefficient (Wildman–Crippen LogP) is -2.07. The van der Waals surface area contributed by atoms with Crippen LogP contribution in [0.5, 0.6) is 0 Å². The van der Waals surface area contributed by atoms with Gasteiger partial charge in [0.1, 0.15) is 18.3 Å². The third kappa shape index (κ3) is 16.7. The van der Waals surface area contributed by atoms with Gasteiger partial charge < -0.3 is 15.3 Å². The zero-order valence-electron chi connectivity index (χ0n) is 6.59. The van der Waals surface area contributed by atoms with E-state index in [2.05, 4.69) is 0 Å². The fraction of sp³-hybridized carbons (Fsp3) is 0. The molecule has 0 heterocycles. The number of nitrogens with zero attached hydrogens (tertiary/aromatic N) is 1. The Morgan fingerprint density at radius 3 is 1.21 bits per heavy atom. The summed E-state index contributed by atoms with van der Waals surface area (Å²) in [5, 5.41) is 24.0. The number of aliphatic hydroxyl groups is 3. The van der Waals surface area contributed by atoms with Crippen molar-refractivity contribution in [3.8, 4) is 36.5 Å². The standard InChI is InChI=1S/C6H3NO3.2H2O.O.Ti/c8-4-1-7(2-5-9)3-6-10;;;;/h8-10H;2*1H2;;/q;;;;+2/p-2. The van der Waals surface area contributed by atoms with E-state index in [0.717, 1.165) is 0 Å². The van der Waals surface area contributed by atoms with Crippen LogP contribution in [0, 0.1) is 36.5 Å². The van der Waals surface area contributed by atoms with Gasteiger partial charge in [-0.05, 0) is 0 Å². The molecule has 0 aromatic heterocycles. The van der Waals surface area contributed by atoms with Crippen molar-refractivity contribution in [1.82, 2.24) is 4.90 Å². The summed E-state index contributed by atoms with van der Waals surface area (Å²) in [4.78, 5) is 0.708. The average Bonchev–Trinajstić information content (AvgIpc) is 2.04. The number of aliphatic hydroxyl groups excluding tert-OH is 3. The number of hydrogen-bond acceptors (Lipinski definition) is 5. The topological polar surface area (TPSA) is 121 Å². The molecule has 0 fully saturated rings. The fourth-order valence-corrected chi connectivity index (χ4v) is 0.234. The van der Waals surface area contributed by atoms with Crippen molar-refractivity contribution in [2.24, 2.45) is 0 Å². The first-order valence-electron chi connectivity index (χ1n) is 2.74. The van der Waals surface area contributed by atoms with E-state index in [1.165, 1.54) is 18.3 Å². The Bertz CT molecular complexity index is 296. The molecule has 0 saturated heterocycles. The van der Waals surface area contributed by atoms with Gasteiger partial charge in [-0.3, -0.25) is 0 Å². The van der Waals surface area contributed by atoms with Crippen molar-refractivity contribution in [2.45, 2.75) is 0 Å². The van der Waals surface area contributed by atoms with Crippen LogP contribution in [0.15, 0.2) is 0 Å². The summed E-state index contributed by atoms with van der Waals surface area (Å²) < 4.78 is 23.2. The van der Waals surface area contributed by atoms with Gasteiger partial charge in [0.2, 0.25) is 0 Å². The molecule has 14 heavy (non-hydrogen) atoms. The van der Waals surface area contributed by atoms with Crippen LogP contribution in [0.2, 0.25) is 0 Å². The number of rotatable bonds is 0. The molecule has 0 aromatic carbocycles. The monoisotopic (exact) mass is 235 g/mol. The minimum atomic E-state index is -3.58. The summed E-state index contributed by atoms with van der Waals surface area (Å²) in [6.45, 7) is 0. The van der Waals surface area contributed by atoms with Crippen molar-refractivity contribution in [3.05, 3.63) is 0 Å². The Hall–Kier alpha value is -1.69. The third-order valence-electron chi connectivity index (χ3n) is 0.485. The SMILES string of the molecule is OC#CN(C#CO)C#CO.[O]=[Ti]([OH])[OH].